The minimum absolute atomic E-state index is 0.0934. The molecule has 1 unspecified atom stereocenters. The molecule has 2 rings (SSSR count). The molecule has 6 nitrogen and oxygen atoms in total. The van der Waals surface area contributed by atoms with Gasteiger partial charge in [-0.15, -0.1) is 0 Å². The van der Waals surface area contributed by atoms with Crippen molar-refractivity contribution >= 4 is 11.8 Å². The largest absolute Gasteiger partial charge is 0.360 e. The van der Waals surface area contributed by atoms with E-state index in [1.807, 2.05) is 30.3 Å². The van der Waals surface area contributed by atoms with Gasteiger partial charge in [0, 0.05) is 12.6 Å². The van der Waals surface area contributed by atoms with Crippen LogP contribution in [0.4, 0.5) is 10.6 Å². The molecule has 124 valence electrons. The van der Waals surface area contributed by atoms with Gasteiger partial charge in [0.05, 0.1) is 6.04 Å². The molecule has 0 aliphatic carbocycles. The summed E-state index contributed by atoms with van der Waals surface area (Å²) in [5.74, 6) is 1.07. The highest BCUT2D eigenvalue weighted by Gasteiger charge is 2.17. The Bertz CT molecular complexity index is 608. The molecule has 1 aromatic carbocycles. The number of nitrogens with one attached hydrogen (secondary N) is 2. The molecule has 0 spiro atoms. The maximum atomic E-state index is 12.2. The number of nitrogens with zero attached hydrogens (tertiary/aromatic N) is 2. The molecule has 2 N–H and O–H groups in total. The summed E-state index contributed by atoms with van der Waals surface area (Å²) in [6.07, 6.45) is 0. The molecule has 6 heteroatoms. The van der Waals surface area contributed by atoms with Crippen LogP contribution >= 0.6 is 0 Å². The summed E-state index contributed by atoms with van der Waals surface area (Å²) < 4.78 is 4.95. The Morgan fingerprint density at radius 2 is 1.96 bits per heavy atom. The quantitative estimate of drug-likeness (QED) is 0.823. The maximum Gasteiger partial charge on any atom is 0.321 e. The average molecular weight is 316 g/mol. The SMILES string of the molecule is CCN(CC)CC(NC(=O)Nc1cc(C)on1)c1ccccc1. The van der Waals surface area contributed by atoms with Gasteiger partial charge in [-0.2, -0.15) is 0 Å². The number of hydrogen-bond acceptors (Lipinski definition) is 4. The molecular formula is C17H24N4O2. The van der Waals surface area contributed by atoms with Crippen molar-refractivity contribution in [2.24, 2.45) is 0 Å². The Labute approximate surface area is 136 Å². The fourth-order valence-corrected chi connectivity index (χ4v) is 2.40. The third-order valence-corrected chi connectivity index (χ3v) is 3.71. The Balaban J connectivity index is 2.05. The number of rotatable bonds is 7. The summed E-state index contributed by atoms with van der Waals surface area (Å²) in [6.45, 7) is 8.64. The van der Waals surface area contributed by atoms with Crippen LogP contribution in [0.5, 0.6) is 0 Å². The zero-order chi connectivity index (χ0) is 16.7. The highest BCUT2D eigenvalue weighted by molar-refractivity contribution is 5.88. The van der Waals surface area contributed by atoms with Crippen molar-refractivity contribution < 1.29 is 9.32 Å². The molecule has 23 heavy (non-hydrogen) atoms. The standard InChI is InChI=1S/C17H24N4O2/c1-4-21(5-2)12-15(14-9-7-6-8-10-14)18-17(22)19-16-11-13(3)23-20-16/h6-11,15H,4-5,12H2,1-3H3,(H2,18,19,20,22). The summed E-state index contributed by atoms with van der Waals surface area (Å²) in [6, 6.07) is 11.3. The van der Waals surface area contributed by atoms with Gasteiger partial charge in [0.15, 0.2) is 5.82 Å². The second-order valence-corrected chi connectivity index (χ2v) is 5.37. The molecule has 2 amide bonds. The van der Waals surface area contributed by atoms with Crippen LogP contribution in [0.25, 0.3) is 0 Å². The molecule has 0 fully saturated rings. The van der Waals surface area contributed by atoms with Gasteiger partial charge in [0.25, 0.3) is 0 Å². The van der Waals surface area contributed by atoms with Gasteiger partial charge in [-0.05, 0) is 25.6 Å². The first-order valence-electron chi connectivity index (χ1n) is 7.90. The number of likely N-dealkylation sites (N-methyl/N-ethyl adjacent to an activating group) is 1. The molecule has 1 heterocycles. The van der Waals surface area contributed by atoms with Crippen molar-refractivity contribution in [1.82, 2.24) is 15.4 Å². The Kier molecular flexibility index (Phi) is 6.17. The Morgan fingerprint density at radius 3 is 2.52 bits per heavy atom. The van der Waals surface area contributed by atoms with Crippen molar-refractivity contribution in [2.45, 2.75) is 26.8 Å². The number of amides is 2. The number of benzene rings is 1. The zero-order valence-corrected chi connectivity index (χ0v) is 13.9. The average Bonchev–Trinajstić information content (AvgIpc) is 2.97. The Morgan fingerprint density at radius 1 is 1.26 bits per heavy atom. The molecule has 0 aliphatic heterocycles. The van der Waals surface area contributed by atoms with Crippen LogP contribution in [0.15, 0.2) is 40.9 Å². The van der Waals surface area contributed by atoms with Crippen molar-refractivity contribution in [1.29, 1.82) is 0 Å². The third kappa shape index (κ3) is 5.10. The number of carbonyl (C=O) groups is 1. The maximum absolute atomic E-state index is 12.2. The summed E-state index contributed by atoms with van der Waals surface area (Å²) in [4.78, 5) is 14.5. The number of carbonyl (C=O) groups excluding carboxylic acids is 1. The smallest absolute Gasteiger partial charge is 0.321 e. The lowest BCUT2D eigenvalue weighted by Crippen LogP contribution is -2.39. The van der Waals surface area contributed by atoms with E-state index in [0.29, 0.717) is 11.6 Å². The normalized spacial score (nSPS) is 12.2. The second kappa shape index (κ2) is 8.33. The number of aromatic nitrogens is 1. The number of anilines is 1. The molecule has 0 saturated carbocycles. The van der Waals surface area contributed by atoms with Crippen LogP contribution in [0.1, 0.15) is 31.2 Å². The number of aryl methyl sites for hydroxylation is 1. The number of hydrogen-bond donors (Lipinski definition) is 2. The number of urea groups is 1. The molecule has 0 aliphatic rings. The van der Waals surface area contributed by atoms with E-state index in [2.05, 4.69) is 34.5 Å². The lowest BCUT2D eigenvalue weighted by molar-refractivity contribution is 0.235. The first-order valence-corrected chi connectivity index (χ1v) is 7.90. The summed E-state index contributed by atoms with van der Waals surface area (Å²) in [5.41, 5.74) is 1.07. The molecule has 0 radical (unpaired) electrons. The van der Waals surface area contributed by atoms with Crippen molar-refractivity contribution in [3.8, 4) is 0 Å². The minimum atomic E-state index is -0.292. The van der Waals surface area contributed by atoms with E-state index in [-0.39, 0.29) is 12.1 Å². The monoisotopic (exact) mass is 316 g/mol. The predicted octanol–water partition coefficient (Wildman–Crippen LogP) is 3.19. The third-order valence-electron chi connectivity index (χ3n) is 3.71. The van der Waals surface area contributed by atoms with Gasteiger partial charge in [-0.25, -0.2) is 4.79 Å². The molecule has 1 aromatic heterocycles. The van der Waals surface area contributed by atoms with Gasteiger partial charge in [-0.3, -0.25) is 5.32 Å². The fraction of sp³-hybridized carbons (Fsp3) is 0.412. The van der Waals surface area contributed by atoms with E-state index >= 15 is 0 Å². The van der Waals surface area contributed by atoms with Crippen LogP contribution < -0.4 is 10.6 Å². The van der Waals surface area contributed by atoms with Crippen molar-refractivity contribution in [2.75, 3.05) is 25.0 Å². The van der Waals surface area contributed by atoms with E-state index in [9.17, 15) is 4.79 Å². The predicted molar refractivity (Wildman–Crippen MR) is 90.4 cm³/mol. The second-order valence-electron chi connectivity index (χ2n) is 5.37. The highest BCUT2D eigenvalue weighted by Crippen LogP contribution is 2.15. The summed E-state index contributed by atoms with van der Waals surface area (Å²) in [5, 5.41) is 9.49. The molecule has 0 saturated heterocycles. The first-order chi connectivity index (χ1) is 11.1. The summed E-state index contributed by atoms with van der Waals surface area (Å²) >= 11 is 0. The van der Waals surface area contributed by atoms with E-state index in [0.717, 1.165) is 25.2 Å². The van der Waals surface area contributed by atoms with Gasteiger partial charge in [-0.1, -0.05) is 49.3 Å². The van der Waals surface area contributed by atoms with E-state index in [1.165, 1.54) is 0 Å². The lowest BCUT2D eigenvalue weighted by Gasteiger charge is -2.26. The van der Waals surface area contributed by atoms with E-state index in [4.69, 9.17) is 4.52 Å². The Hall–Kier alpha value is -2.34. The first kappa shape index (κ1) is 17.0. The van der Waals surface area contributed by atoms with Crippen LogP contribution in [0.2, 0.25) is 0 Å². The van der Waals surface area contributed by atoms with Gasteiger partial charge in [0.2, 0.25) is 0 Å². The molecule has 1 atom stereocenters. The van der Waals surface area contributed by atoms with Crippen molar-refractivity contribution in [3.05, 3.63) is 47.7 Å². The molecule has 0 bridgehead atoms. The lowest BCUT2D eigenvalue weighted by atomic mass is 10.1. The molecular weight excluding hydrogens is 292 g/mol. The van der Waals surface area contributed by atoms with E-state index < -0.39 is 0 Å². The van der Waals surface area contributed by atoms with Crippen LogP contribution in [-0.4, -0.2) is 35.7 Å². The van der Waals surface area contributed by atoms with Gasteiger partial charge < -0.3 is 14.7 Å². The van der Waals surface area contributed by atoms with E-state index in [1.54, 1.807) is 13.0 Å². The van der Waals surface area contributed by atoms with Crippen molar-refractivity contribution in [3.63, 3.8) is 0 Å². The zero-order valence-electron chi connectivity index (χ0n) is 13.9. The fourth-order valence-electron chi connectivity index (χ4n) is 2.40. The van der Waals surface area contributed by atoms with Gasteiger partial charge >= 0.3 is 6.03 Å². The topological polar surface area (TPSA) is 70.4 Å². The van der Waals surface area contributed by atoms with Gasteiger partial charge in [0.1, 0.15) is 5.76 Å². The van der Waals surface area contributed by atoms with Crippen LogP contribution in [0, 0.1) is 6.92 Å². The molecule has 2 aromatic rings. The van der Waals surface area contributed by atoms with Crippen LogP contribution in [-0.2, 0) is 0 Å². The minimum Gasteiger partial charge on any atom is -0.360 e. The summed E-state index contributed by atoms with van der Waals surface area (Å²) in [7, 11) is 0. The van der Waals surface area contributed by atoms with Crippen LogP contribution in [0.3, 0.4) is 0 Å². The highest BCUT2D eigenvalue weighted by atomic mass is 16.5.